The molecule has 1 amide bonds. The highest BCUT2D eigenvalue weighted by molar-refractivity contribution is 5.91. The van der Waals surface area contributed by atoms with Crippen molar-refractivity contribution in [2.45, 2.75) is 46.5 Å². The van der Waals surface area contributed by atoms with Crippen LogP contribution in [0.3, 0.4) is 0 Å². The number of amides is 1. The van der Waals surface area contributed by atoms with Gasteiger partial charge >= 0.3 is 0 Å². The van der Waals surface area contributed by atoms with Gasteiger partial charge in [-0.05, 0) is 26.0 Å². The van der Waals surface area contributed by atoms with Gasteiger partial charge in [-0.1, -0.05) is 20.8 Å². The smallest absolute Gasteiger partial charge is 0.252 e. The van der Waals surface area contributed by atoms with Crippen molar-refractivity contribution in [3.05, 3.63) is 53.5 Å². The van der Waals surface area contributed by atoms with Gasteiger partial charge in [0.1, 0.15) is 5.82 Å². The molecule has 0 aliphatic carbocycles. The third kappa shape index (κ3) is 3.88. The molecule has 0 unspecified atom stereocenters. The molecule has 10 heteroatoms. The summed E-state index contributed by atoms with van der Waals surface area (Å²) in [5, 5.41) is 11.9. The van der Waals surface area contributed by atoms with Crippen LogP contribution in [0.5, 0.6) is 0 Å². The first-order valence-corrected chi connectivity index (χ1v) is 9.58. The van der Waals surface area contributed by atoms with E-state index in [9.17, 15) is 4.79 Å². The van der Waals surface area contributed by atoms with Gasteiger partial charge in [-0.2, -0.15) is 14.8 Å². The molecule has 0 saturated heterocycles. The topological polar surface area (TPSA) is 116 Å². The molecule has 0 aromatic carbocycles. The van der Waals surface area contributed by atoms with Gasteiger partial charge in [-0.25, -0.2) is 19.5 Å². The molecule has 0 bridgehead atoms. The monoisotopic (exact) mass is 405 g/mol. The van der Waals surface area contributed by atoms with Gasteiger partial charge in [0.25, 0.3) is 11.7 Å². The fraction of sp³-hybridized carbons (Fsp3) is 0.350. The second-order valence-electron chi connectivity index (χ2n) is 8.13. The van der Waals surface area contributed by atoms with Gasteiger partial charge in [-0.15, -0.1) is 5.10 Å². The van der Waals surface area contributed by atoms with Crippen LogP contribution in [0, 0.1) is 13.8 Å². The van der Waals surface area contributed by atoms with Crippen molar-refractivity contribution in [2.75, 3.05) is 5.32 Å². The SMILES string of the molecule is Cc1cc(C)n2nc(CC(=O)Nc3cc(C(C)(C)C)nn3-c3ncccn3)nc2n1. The summed E-state index contributed by atoms with van der Waals surface area (Å²) in [6, 6.07) is 5.47. The quantitative estimate of drug-likeness (QED) is 0.553. The molecular formula is C20H23N9O. The minimum Gasteiger partial charge on any atom is -0.310 e. The number of fused-ring (bicyclic) bond motifs is 1. The predicted octanol–water partition coefficient (Wildman–Crippen LogP) is 2.20. The number of aromatic nitrogens is 8. The number of carbonyl (C=O) groups excluding carboxylic acids is 1. The standard InChI is InChI=1S/C20H23N9O/c1-12-9-13(2)28-19(23-12)24-15(27-28)11-17(30)25-16-10-14(20(3,4)5)26-29(16)18-21-7-6-8-22-18/h6-10H,11H2,1-5H3,(H,25,30). The summed E-state index contributed by atoms with van der Waals surface area (Å²) in [6.07, 6.45) is 3.27. The number of nitrogens with one attached hydrogen (secondary N) is 1. The number of carbonyl (C=O) groups is 1. The summed E-state index contributed by atoms with van der Waals surface area (Å²) >= 11 is 0. The predicted molar refractivity (Wildman–Crippen MR) is 110 cm³/mol. The molecule has 0 saturated carbocycles. The molecule has 0 fully saturated rings. The molecule has 0 aliphatic heterocycles. The van der Waals surface area contributed by atoms with Crippen molar-refractivity contribution in [3.63, 3.8) is 0 Å². The van der Waals surface area contributed by atoms with Gasteiger partial charge in [0.05, 0.1) is 12.1 Å². The van der Waals surface area contributed by atoms with Crippen molar-refractivity contribution >= 4 is 17.5 Å². The summed E-state index contributed by atoms with van der Waals surface area (Å²) in [6.45, 7) is 9.97. The van der Waals surface area contributed by atoms with Crippen LogP contribution in [0.25, 0.3) is 11.7 Å². The number of rotatable bonds is 4. The van der Waals surface area contributed by atoms with E-state index in [-0.39, 0.29) is 17.7 Å². The van der Waals surface area contributed by atoms with E-state index in [2.05, 4.69) is 56.2 Å². The zero-order valence-electron chi connectivity index (χ0n) is 17.6. The van der Waals surface area contributed by atoms with Crippen LogP contribution < -0.4 is 5.32 Å². The summed E-state index contributed by atoms with van der Waals surface area (Å²) in [5.41, 5.74) is 2.37. The van der Waals surface area contributed by atoms with E-state index in [0.717, 1.165) is 17.1 Å². The fourth-order valence-corrected chi connectivity index (χ4v) is 3.00. The van der Waals surface area contributed by atoms with E-state index in [0.29, 0.717) is 23.4 Å². The molecule has 4 aromatic rings. The molecule has 4 rings (SSSR count). The maximum Gasteiger partial charge on any atom is 0.252 e. The summed E-state index contributed by atoms with van der Waals surface area (Å²) in [4.78, 5) is 30.0. The van der Waals surface area contributed by atoms with Crippen molar-refractivity contribution in [2.24, 2.45) is 0 Å². The number of hydrogen-bond acceptors (Lipinski definition) is 7. The van der Waals surface area contributed by atoms with Crippen LogP contribution >= 0.6 is 0 Å². The van der Waals surface area contributed by atoms with Crippen LogP contribution in [0.2, 0.25) is 0 Å². The summed E-state index contributed by atoms with van der Waals surface area (Å²) in [5.74, 6) is 1.48. The van der Waals surface area contributed by atoms with Crippen LogP contribution in [0.15, 0.2) is 30.6 Å². The Morgan fingerprint density at radius 1 is 1.07 bits per heavy atom. The average molecular weight is 405 g/mol. The van der Waals surface area contributed by atoms with E-state index in [1.807, 2.05) is 26.0 Å². The molecule has 10 nitrogen and oxygen atoms in total. The molecule has 0 spiro atoms. The number of aryl methyl sites for hydroxylation is 2. The third-order valence-corrected chi connectivity index (χ3v) is 4.47. The van der Waals surface area contributed by atoms with E-state index < -0.39 is 0 Å². The Morgan fingerprint density at radius 3 is 2.50 bits per heavy atom. The number of hydrogen-bond donors (Lipinski definition) is 1. The minimum absolute atomic E-state index is 0.00747. The molecule has 0 radical (unpaired) electrons. The Balaban J connectivity index is 1.61. The third-order valence-electron chi connectivity index (χ3n) is 4.47. The molecule has 4 aromatic heterocycles. The first-order chi connectivity index (χ1) is 14.2. The molecule has 30 heavy (non-hydrogen) atoms. The number of anilines is 1. The van der Waals surface area contributed by atoms with Crippen LogP contribution in [0.1, 0.15) is 43.7 Å². The lowest BCUT2D eigenvalue weighted by Gasteiger charge is -2.13. The zero-order valence-corrected chi connectivity index (χ0v) is 17.6. The highest BCUT2D eigenvalue weighted by atomic mass is 16.1. The highest BCUT2D eigenvalue weighted by Gasteiger charge is 2.23. The molecule has 154 valence electrons. The first kappa shape index (κ1) is 19.6. The average Bonchev–Trinajstić information content (AvgIpc) is 3.26. The largest absolute Gasteiger partial charge is 0.310 e. The van der Waals surface area contributed by atoms with Gasteiger partial charge < -0.3 is 5.32 Å². The molecule has 4 heterocycles. The zero-order chi connectivity index (χ0) is 21.5. The maximum atomic E-state index is 12.8. The lowest BCUT2D eigenvalue weighted by atomic mass is 9.92. The van der Waals surface area contributed by atoms with Crippen LogP contribution in [0.4, 0.5) is 5.82 Å². The molecule has 0 atom stereocenters. The number of nitrogens with zero attached hydrogens (tertiary/aromatic N) is 8. The van der Waals surface area contributed by atoms with Gasteiger partial charge in [-0.3, -0.25) is 4.79 Å². The van der Waals surface area contributed by atoms with Crippen LogP contribution in [-0.4, -0.2) is 45.2 Å². The minimum atomic E-state index is -0.266. The van der Waals surface area contributed by atoms with E-state index >= 15 is 0 Å². The Bertz CT molecular complexity index is 1220. The molecular weight excluding hydrogens is 382 g/mol. The normalized spacial score (nSPS) is 11.8. The first-order valence-electron chi connectivity index (χ1n) is 9.58. The summed E-state index contributed by atoms with van der Waals surface area (Å²) in [7, 11) is 0. The Kier molecular flexibility index (Phi) is 4.76. The van der Waals surface area contributed by atoms with Crippen molar-refractivity contribution < 1.29 is 4.79 Å². The fourth-order valence-electron chi connectivity index (χ4n) is 3.00. The maximum absolute atomic E-state index is 12.8. The Morgan fingerprint density at radius 2 is 1.80 bits per heavy atom. The second kappa shape index (κ2) is 7.29. The van der Waals surface area contributed by atoms with Gasteiger partial charge in [0, 0.05) is 35.3 Å². The molecule has 0 aliphatic rings. The summed E-state index contributed by atoms with van der Waals surface area (Å²) < 4.78 is 3.17. The van der Waals surface area contributed by atoms with Crippen molar-refractivity contribution in [1.29, 1.82) is 0 Å². The van der Waals surface area contributed by atoms with Crippen molar-refractivity contribution in [1.82, 2.24) is 39.3 Å². The molecule has 1 N–H and O–H groups in total. The van der Waals surface area contributed by atoms with E-state index in [1.54, 1.807) is 23.0 Å². The highest BCUT2D eigenvalue weighted by Crippen LogP contribution is 2.25. The van der Waals surface area contributed by atoms with Gasteiger partial charge in [0.15, 0.2) is 5.82 Å². The Hall–Kier alpha value is -3.69. The Labute approximate surface area is 173 Å². The van der Waals surface area contributed by atoms with Crippen LogP contribution in [-0.2, 0) is 16.6 Å². The van der Waals surface area contributed by atoms with Crippen molar-refractivity contribution in [3.8, 4) is 5.95 Å². The van der Waals surface area contributed by atoms with E-state index in [1.165, 1.54) is 4.68 Å². The van der Waals surface area contributed by atoms with Gasteiger partial charge in [0.2, 0.25) is 5.91 Å². The van der Waals surface area contributed by atoms with E-state index in [4.69, 9.17) is 0 Å². The second-order valence-corrected chi connectivity index (χ2v) is 8.13. The lowest BCUT2D eigenvalue weighted by Crippen LogP contribution is -2.18. The lowest BCUT2D eigenvalue weighted by molar-refractivity contribution is -0.115.